The van der Waals surface area contributed by atoms with Crippen molar-refractivity contribution >= 4 is 33.8 Å². The molecule has 0 unspecified atom stereocenters. The lowest BCUT2D eigenvalue weighted by Crippen LogP contribution is -2.58. The Morgan fingerprint density at radius 1 is 1.06 bits per heavy atom. The van der Waals surface area contributed by atoms with Crippen molar-refractivity contribution in [1.29, 1.82) is 0 Å². The van der Waals surface area contributed by atoms with Gasteiger partial charge >= 0.3 is 6.09 Å². The molecule has 1 aromatic heterocycles. The third-order valence-corrected chi connectivity index (χ3v) is 11.9. The Kier molecular flexibility index (Phi) is 10.8. The van der Waals surface area contributed by atoms with Crippen LogP contribution in [0, 0.1) is 5.92 Å². The molecular formula is C37H51N7O7S. The first kappa shape index (κ1) is 37.5. The van der Waals surface area contributed by atoms with Gasteiger partial charge in [-0.15, -0.1) is 0 Å². The topological polar surface area (TPSA) is 182 Å². The third-order valence-electron chi connectivity index (χ3n) is 10.1. The number of carbonyl (C=O) groups excluding carboxylic acids is 4. The number of ether oxygens (including phenoxy) is 1. The van der Waals surface area contributed by atoms with Gasteiger partial charge in [0, 0.05) is 24.4 Å². The van der Waals surface area contributed by atoms with Gasteiger partial charge in [0.2, 0.25) is 21.8 Å². The number of allylic oxidation sites excluding steroid dienone is 1. The summed E-state index contributed by atoms with van der Waals surface area (Å²) in [6.07, 6.45) is 9.25. The molecule has 2 saturated carbocycles. The van der Waals surface area contributed by atoms with Crippen molar-refractivity contribution in [2.24, 2.45) is 5.92 Å². The molecule has 0 spiro atoms. The predicted molar refractivity (Wildman–Crippen MR) is 193 cm³/mol. The van der Waals surface area contributed by atoms with Gasteiger partial charge < -0.3 is 20.3 Å². The fraction of sp³-hybridized carbons (Fsp3) is 0.622. The molecule has 4 aliphatic rings. The second-order valence-corrected chi connectivity index (χ2v) is 17.5. The monoisotopic (exact) mass is 737 g/mol. The minimum atomic E-state index is -3.87. The summed E-state index contributed by atoms with van der Waals surface area (Å²) in [6, 6.07) is 7.19. The molecule has 52 heavy (non-hydrogen) atoms. The molecule has 0 radical (unpaired) electrons. The van der Waals surface area contributed by atoms with Crippen LogP contribution in [-0.4, -0.2) is 87.1 Å². The van der Waals surface area contributed by atoms with E-state index < -0.39 is 74.3 Å². The Labute approximate surface area is 305 Å². The van der Waals surface area contributed by atoms with E-state index in [2.05, 4.69) is 22.3 Å². The SMILES string of the molecule is CCCc1nn([C@@H]2C[C@H]3C(=O)N[C@]4(C(=O)NS(=O)(=O)C5CC5)C[C@H]4/C=C/CCCCC[C@@H](NC(=O)OC(C)(C)C)C(=O)N3C2)nc1-c1ccccc1. The summed E-state index contributed by atoms with van der Waals surface area (Å²) in [4.78, 5) is 58.7. The lowest BCUT2D eigenvalue weighted by molar-refractivity contribution is -0.141. The van der Waals surface area contributed by atoms with E-state index in [1.54, 1.807) is 25.6 Å². The molecule has 0 bridgehead atoms. The molecule has 6 rings (SSSR count). The summed E-state index contributed by atoms with van der Waals surface area (Å²) in [5.41, 5.74) is 0.171. The molecule has 2 aliphatic carbocycles. The molecule has 15 heteroatoms. The third kappa shape index (κ3) is 8.50. The van der Waals surface area contributed by atoms with Crippen LogP contribution in [0.15, 0.2) is 42.5 Å². The van der Waals surface area contributed by atoms with Crippen molar-refractivity contribution in [2.45, 2.75) is 133 Å². The van der Waals surface area contributed by atoms with Crippen molar-refractivity contribution in [1.82, 2.24) is 35.2 Å². The number of sulfonamides is 1. The average Bonchev–Trinajstić information content (AvgIpc) is 3.97. The predicted octanol–water partition coefficient (Wildman–Crippen LogP) is 3.94. The quantitative estimate of drug-likeness (QED) is 0.338. The van der Waals surface area contributed by atoms with E-state index in [0.29, 0.717) is 38.5 Å². The highest BCUT2D eigenvalue weighted by Gasteiger charge is 2.62. The highest BCUT2D eigenvalue weighted by Crippen LogP contribution is 2.46. The first-order chi connectivity index (χ1) is 24.7. The van der Waals surface area contributed by atoms with E-state index in [9.17, 15) is 27.6 Å². The lowest BCUT2D eigenvalue weighted by Gasteiger charge is -2.30. The van der Waals surface area contributed by atoms with Crippen molar-refractivity contribution in [3.05, 3.63) is 48.2 Å². The maximum atomic E-state index is 14.5. The minimum Gasteiger partial charge on any atom is -0.444 e. The standard InChI is InChI=1S/C37H51N7O7S/c1-5-14-28-31(24-15-10-9-11-16-24)41-44(40-28)26-21-30-32(45)39-37(34(47)42-52(49,50)27-19-20-27)22-25(37)17-12-7-6-8-13-18-29(33(46)43(30)23-26)38-35(48)51-36(2,3)4/h9-12,15-17,25-27,29-30H,5-8,13-14,18-23H2,1-4H3,(H,38,48)(H,39,45)(H,42,47)/b17-12+/t25-,26-,29-,30+,37-/m1/s1. The van der Waals surface area contributed by atoms with Crippen molar-refractivity contribution < 1.29 is 32.3 Å². The smallest absolute Gasteiger partial charge is 0.408 e. The number of hydrogen-bond donors (Lipinski definition) is 3. The van der Waals surface area contributed by atoms with Crippen LogP contribution in [0.5, 0.6) is 0 Å². The highest BCUT2D eigenvalue weighted by molar-refractivity contribution is 7.91. The van der Waals surface area contributed by atoms with Gasteiger partial charge in [0.25, 0.3) is 5.91 Å². The number of amides is 4. The van der Waals surface area contributed by atoms with Crippen LogP contribution < -0.4 is 15.4 Å². The molecular weight excluding hydrogens is 687 g/mol. The van der Waals surface area contributed by atoms with Gasteiger partial charge in [-0.05, 0) is 65.7 Å². The van der Waals surface area contributed by atoms with Crippen molar-refractivity contribution in [2.75, 3.05) is 6.54 Å². The summed E-state index contributed by atoms with van der Waals surface area (Å²) in [6.45, 7) is 7.36. The van der Waals surface area contributed by atoms with E-state index >= 15 is 0 Å². The Bertz CT molecular complexity index is 1800. The highest BCUT2D eigenvalue weighted by atomic mass is 32.2. The number of aromatic nitrogens is 3. The number of benzene rings is 1. The van der Waals surface area contributed by atoms with Crippen molar-refractivity contribution in [3.63, 3.8) is 0 Å². The van der Waals surface area contributed by atoms with Gasteiger partial charge in [-0.25, -0.2) is 13.2 Å². The Hall–Kier alpha value is -4.27. The number of nitrogens with zero attached hydrogens (tertiary/aromatic N) is 4. The van der Waals surface area contributed by atoms with Gasteiger partial charge in [-0.2, -0.15) is 15.0 Å². The van der Waals surface area contributed by atoms with Crippen LogP contribution in [-0.2, 0) is 35.6 Å². The number of aryl methyl sites for hydroxylation is 1. The van der Waals surface area contributed by atoms with Gasteiger partial charge in [-0.1, -0.05) is 68.7 Å². The molecule has 5 atom stereocenters. The molecule has 3 N–H and O–H groups in total. The maximum Gasteiger partial charge on any atom is 0.408 e. The van der Waals surface area contributed by atoms with Crippen LogP contribution >= 0.6 is 0 Å². The lowest BCUT2D eigenvalue weighted by atomic mass is 10.0. The zero-order valence-corrected chi connectivity index (χ0v) is 31.3. The molecule has 1 aromatic carbocycles. The van der Waals surface area contributed by atoms with Gasteiger partial charge in [0.1, 0.15) is 28.9 Å². The van der Waals surface area contributed by atoms with E-state index in [1.165, 1.54) is 4.90 Å². The summed E-state index contributed by atoms with van der Waals surface area (Å²) < 4.78 is 33.4. The number of nitrogens with one attached hydrogen (secondary N) is 3. The van der Waals surface area contributed by atoms with Crippen LogP contribution in [0.2, 0.25) is 0 Å². The first-order valence-electron chi connectivity index (χ1n) is 18.6. The van der Waals surface area contributed by atoms with Crippen LogP contribution in [0.3, 0.4) is 0 Å². The van der Waals surface area contributed by atoms with Gasteiger partial charge in [-0.3, -0.25) is 19.1 Å². The largest absolute Gasteiger partial charge is 0.444 e. The number of alkyl carbamates (subject to hydrolysis) is 1. The summed E-state index contributed by atoms with van der Waals surface area (Å²) in [5.74, 6) is -2.21. The Balaban J connectivity index is 1.34. The molecule has 282 valence electrons. The molecule has 2 aliphatic heterocycles. The summed E-state index contributed by atoms with van der Waals surface area (Å²) >= 11 is 0. The minimum absolute atomic E-state index is 0.0798. The second-order valence-electron chi connectivity index (χ2n) is 15.5. The number of hydrogen-bond acceptors (Lipinski definition) is 9. The number of rotatable bonds is 8. The zero-order valence-electron chi connectivity index (χ0n) is 30.5. The zero-order chi connectivity index (χ0) is 37.3. The Morgan fingerprint density at radius 3 is 2.50 bits per heavy atom. The second kappa shape index (κ2) is 15.0. The molecule has 1 saturated heterocycles. The van der Waals surface area contributed by atoms with Crippen LogP contribution in [0.4, 0.5) is 4.79 Å². The van der Waals surface area contributed by atoms with Gasteiger partial charge in [0.05, 0.1) is 17.0 Å². The van der Waals surface area contributed by atoms with Crippen LogP contribution in [0.25, 0.3) is 11.3 Å². The number of fused-ring (bicyclic) bond motifs is 2. The molecule has 3 fully saturated rings. The van der Waals surface area contributed by atoms with E-state index in [4.69, 9.17) is 14.9 Å². The van der Waals surface area contributed by atoms with E-state index in [-0.39, 0.29) is 19.4 Å². The fourth-order valence-corrected chi connectivity index (χ4v) is 8.50. The summed E-state index contributed by atoms with van der Waals surface area (Å²) in [7, 11) is -3.87. The molecule has 14 nitrogen and oxygen atoms in total. The van der Waals surface area contributed by atoms with Gasteiger partial charge in [0.15, 0.2) is 0 Å². The number of carbonyl (C=O) groups is 4. The maximum absolute atomic E-state index is 14.5. The van der Waals surface area contributed by atoms with Crippen LogP contribution in [0.1, 0.15) is 104 Å². The molecule has 2 aromatic rings. The van der Waals surface area contributed by atoms with E-state index in [1.807, 2.05) is 42.5 Å². The van der Waals surface area contributed by atoms with Crippen molar-refractivity contribution in [3.8, 4) is 11.3 Å². The summed E-state index contributed by atoms with van der Waals surface area (Å²) in [5, 5.41) is 14.8. The Morgan fingerprint density at radius 2 is 1.81 bits per heavy atom. The van der Waals surface area contributed by atoms with E-state index in [0.717, 1.165) is 36.2 Å². The average molecular weight is 738 g/mol. The fourth-order valence-electron chi connectivity index (χ4n) is 7.14. The molecule has 4 amide bonds. The molecule has 3 heterocycles. The normalized spacial score (nSPS) is 27.7. The first-order valence-corrected chi connectivity index (χ1v) is 20.1.